The predicted molar refractivity (Wildman–Crippen MR) is 73.1 cm³/mol. The van der Waals surface area contributed by atoms with E-state index in [1.165, 1.54) is 4.90 Å². The number of hydrogen-bond acceptors (Lipinski definition) is 3. The molecule has 2 amide bonds. The third-order valence-corrected chi connectivity index (χ3v) is 3.85. The van der Waals surface area contributed by atoms with Crippen LogP contribution in [0.1, 0.15) is 33.1 Å². The molecule has 0 aliphatic carbocycles. The summed E-state index contributed by atoms with van der Waals surface area (Å²) < 4.78 is 0. The van der Waals surface area contributed by atoms with Crippen molar-refractivity contribution in [3.8, 4) is 0 Å². The van der Waals surface area contributed by atoms with Crippen LogP contribution in [0.15, 0.2) is 0 Å². The fraction of sp³-hybridized carbons (Fsp3) is 0.846. The second-order valence-corrected chi connectivity index (χ2v) is 5.24. The molecule has 1 aliphatic rings. The maximum Gasteiger partial charge on any atom is 0.323 e. The van der Waals surface area contributed by atoms with Gasteiger partial charge in [-0.3, -0.25) is 4.79 Å². The van der Waals surface area contributed by atoms with Crippen LogP contribution in [0.3, 0.4) is 0 Å². The molecule has 19 heavy (non-hydrogen) atoms. The van der Waals surface area contributed by atoms with E-state index in [1.807, 2.05) is 20.9 Å². The van der Waals surface area contributed by atoms with Gasteiger partial charge < -0.3 is 20.2 Å². The molecule has 1 rings (SSSR count). The largest absolute Gasteiger partial charge is 0.480 e. The first kappa shape index (κ1) is 15.8. The molecule has 0 aromatic heterocycles. The maximum atomic E-state index is 12.1. The lowest BCUT2D eigenvalue weighted by atomic mass is 10.2. The Morgan fingerprint density at radius 2 is 2.21 bits per heavy atom. The highest BCUT2D eigenvalue weighted by atomic mass is 16.4. The summed E-state index contributed by atoms with van der Waals surface area (Å²) in [6.07, 6.45) is 2.98. The van der Waals surface area contributed by atoms with Crippen LogP contribution in [0, 0.1) is 0 Å². The van der Waals surface area contributed by atoms with Gasteiger partial charge >= 0.3 is 12.0 Å². The monoisotopic (exact) mass is 271 g/mol. The number of likely N-dealkylation sites (tertiary alicyclic amines) is 1. The molecule has 6 heteroatoms. The molecule has 0 bridgehead atoms. The Morgan fingerprint density at radius 1 is 1.53 bits per heavy atom. The van der Waals surface area contributed by atoms with E-state index in [-0.39, 0.29) is 18.6 Å². The lowest BCUT2D eigenvalue weighted by Gasteiger charge is -2.28. The van der Waals surface area contributed by atoms with E-state index < -0.39 is 5.97 Å². The Bertz CT molecular complexity index is 322. The number of carbonyl (C=O) groups excluding carboxylic acids is 1. The summed E-state index contributed by atoms with van der Waals surface area (Å²) in [5.74, 6) is -0.978. The van der Waals surface area contributed by atoms with Gasteiger partial charge in [-0.1, -0.05) is 6.92 Å². The highest BCUT2D eigenvalue weighted by Gasteiger charge is 2.25. The molecule has 1 aliphatic heterocycles. The zero-order chi connectivity index (χ0) is 14.4. The van der Waals surface area contributed by atoms with Gasteiger partial charge in [0.1, 0.15) is 6.54 Å². The minimum atomic E-state index is -0.978. The van der Waals surface area contributed by atoms with Crippen molar-refractivity contribution in [3.63, 3.8) is 0 Å². The van der Waals surface area contributed by atoms with Crippen LogP contribution >= 0.6 is 0 Å². The van der Waals surface area contributed by atoms with Gasteiger partial charge in [0, 0.05) is 18.6 Å². The Labute approximate surface area is 114 Å². The summed E-state index contributed by atoms with van der Waals surface area (Å²) in [6.45, 7) is 5.20. The average molecular weight is 271 g/mol. The third-order valence-electron chi connectivity index (χ3n) is 3.85. The molecule has 0 aromatic rings. The number of nitrogens with one attached hydrogen (secondary N) is 1. The molecule has 0 saturated carbocycles. The van der Waals surface area contributed by atoms with Crippen molar-refractivity contribution in [2.75, 3.05) is 26.7 Å². The summed E-state index contributed by atoms with van der Waals surface area (Å²) in [5.41, 5.74) is 0. The molecule has 2 N–H and O–H groups in total. The van der Waals surface area contributed by atoms with Crippen molar-refractivity contribution in [1.82, 2.24) is 15.1 Å². The number of aliphatic carboxylic acids is 1. The molecular weight excluding hydrogens is 246 g/mol. The van der Waals surface area contributed by atoms with Crippen LogP contribution in [-0.2, 0) is 4.79 Å². The number of carboxylic acid groups (broad SMARTS) is 1. The molecule has 1 fully saturated rings. The molecule has 6 nitrogen and oxygen atoms in total. The van der Waals surface area contributed by atoms with E-state index in [4.69, 9.17) is 5.11 Å². The number of rotatable bonds is 6. The standard InChI is InChI=1S/C13H25N3O3/c1-4-10(2)16(9-12(17)18)13(19)14-8-11-6-5-7-15(11)3/h10-11H,4-9H2,1-3H3,(H,14,19)(H,17,18). The number of urea groups is 1. The smallest absolute Gasteiger partial charge is 0.323 e. The van der Waals surface area contributed by atoms with E-state index in [2.05, 4.69) is 10.2 Å². The lowest BCUT2D eigenvalue weighted by Crippen LogP contribution is -2.49. The predicted octanol–water partition coefficient (Wildman–Crippen LogP) is 0.975. The molecule has 0 radical (unpaired) electrons. The number of carbonyl (C=O) groups is 2. The highest BCUT2D eigenvalue weighted by Crippen LogP contribution is 2.13. The van der Waals surface area contributed by atoms with Crippen LogP contribution in [-0.4, -0.2) is 65.7 Å². The van der Waals surface area contributed by atoms with E-state index in [1.54, 1.807) is 0 Å². The first-order valence-electron chi connectivity index (χ1n) is 6.92. The SMILES string of the molecule is CCC(C)N(CC(=O)O)C(=O)NCC1CCCN1C. The van der Waals surface area contributed by atoms with Crippen LogP contribution < -0.4 is 5.32 Å². The van der Waals surface area contributed by atoms with Crippen molar-refractivity contribution >= 4 is 12.0 Å². The quantitative estimate of drug-likeness (QED) is 0.755. The molecule has 1 saturated heterocycles. The summed E-state index contributed by atoms with van der Waals surface area (Å²) >= 11 is 0. The van der Waals surface area contributed by atoms with E-state index >= 15 is 0 Å². The van der Waals surface area contributed by atoms with Gasteiger partial charge in [-0.15, -0.1) is 0 Å². The highest BCUT2D eigenvalue weighted by molar-refractivity contribution is 5.80. The number of nitrogens with zero attached hydrogens (tertiary/aromatic N) is 2. The minimum absolute atomic E-state index is 0.0718. The number of hydrogen-bond donors (Lipinski definition) is 2. The van der Waals surface area contributed by atoms with Crippen molar-refractivity contribution in [2.45, 2.75) is 45.2 Å². The summed E-state index contributed by atoms with van der Waals surface area (Å²) in [7, 11) is 2.05. The van der Waals surface area contributed by atoms with Gasteiger partial charge in [0.15, 0.2) is 0 Å². The number of carboxylic acids is 1. The lowest BCUT2D eigenvalue weighted by molar-refractivity contribution is -0.138. The summed E-state index contributed by atoms with van der Waals surface area (Å²) in [5, 5.41) is 11.7. The van der Waals surface area contributed by atoms with E-state index in [0.29, 0.717) is 12.6 Å². The van der Waals surface area contributed by atoms with Gasteiger partial charge in [-0.2, -0.15) is 0 Å². The molecular formula is C13H25N3O3. The van der Waals surface area contributed by atoms with Crippen LogP contribution in [0.25, 0.3) is 0 Å². The fourth-order valence-corrected chi connectivity index (χ4v) is 2.34. The zero-order valence-corrected chi connectivity index (χ0v) is 12.1. The average Bonchev–Trinajstić information content (AvgIpc) is 2.77. The van der Waals surface area contributed by atoms with Gasteiger partial charge in [-0.25, -0.2) is 4.79 Å². The topological polar surface area (TPSA) is 72.9 Å². The Balaban J connectivity index is 2.49. The van der Waals surface area contributed by atoms with Crippen molar-refractivity contribution in [3.05, 3.63) is 0 Å². The van der Waals surface area contributed by atoms with Crippen LogP contribution in [0.5, 0.6) is 0 Å². The molecule has 110 valence electrons. The van der Waals surface area contributed by atoms with E-state index in [9.17, 15) is 9.59 Å². The molecule has 0 aromatic carbocycles. The molecule has 0 spiro atoms. The van der Waals surface area contributed by atoms with Gasteiger partial charge in [0.2, 0.25) is 0 Å². The normalized spacial score (nSPS) is 21.1. The Morgan fingerprint density at radius 3 is 2.68 bits per heavy atom. The second-order valence-electron chi connectivity index (χ2n) is 5.24. The van der Waals surface area contributed by atoms with Crippen molar-refractivity contribution < 1.29 is 14.7 Å². The molecule has 2 unspecified atom stereocenters. The van der Waals surface area contributed by atoms with Crippen molar-refractivity contribution in [2.24, 2.45) is 0 Å². The summed E-state index contributed by atoms with van der Waals surface area (Å²) in [4.78, 5) is 26.5. The van der Waals surface area contributed by atoms with Crippen molar-refractivity contribution in [1.29, 1.82) is 0 Å². The fourth-order valence-electron chi connectivity index (χ4n) is 2.34. The second kappa shape index (κ2) is 7.33. The number of amides is 2. The van der Waals surface area contributed by atoms with E-state index in [0.717, 1.165) is 25.8 Å². The Hall–Kier alpha value is -1.30. The number of likely N-dealkylation sites (N-methyl/N-ethyl adjacent to an activating group) is 1. The molecule has 2 atom stereocenters. The zero-order valence-electron chi connectivity index (χ0n) is 12.1. The van der Waals surface area contributed by atoms with Crippen LogP contribution in [0.2, 0.25) is 0 Å². The third kappa shape index (κ3) is 4.70. The minimum Gasteiger partial charge on any atom is -0.480 e. The van der Waals surface area contributed by atoms with Gasteiger partial charge in [0.05, 0.1) is 0 Å². The summed E-state index contributed by atoms with van der Waals surface area (Å²) in [6, 6.07) is 0.0158. The van der Waals surface area contributed by atoms with Gasteiger partial charge in [0.25, 0.3) is 0 Å². The first-order valence-corrected chi connectivity index (χ1v) is 6.92. The maximum absolute atomic E-state index is 12.1. The van der Waals surface area contributed by atoms with Crippen LogP contribution in [0.4, 0.5) is 4.79 Å². The van der Waals surface area contributed by atoms with Gasteiger partial charge in [-0.05, 0) is 39.8 Å². The Kier molecular flexibility index (Phi) is 6.08. The first-order chi connectivity index (χ1) is 8.95. The molecule has 1 heterocycles.